The molecule has 0 spiro atoms. The van der Waals surface area contributed by atoms with Crippen LogP contribution in [-0.2, 0) is 16.1 Å². The van der Waals surface area contributed by atoms with Gasteiger partial charge in [0, 0.05) is 5.71 Å². The van der Waals surface area contributed by atoms with Gasteiger partial charge in [-0.25, -0.2) is 0 Å². The molecule has 0 N–H and O–H groups in total. The van der Waals surface area contributed by atoms with E-state index in [4.69, 9.17) is 4.42 Å². The number of nitrogens with zero attached hydrogens (tertiary/aromatic N) is 1. The fourth-order valence-electron chi connectivity index (χ4n) is 0.952. The van der Waals surface area contributed by atoms with Crippen LogP contribution in [0.2, 0.25) is 0 Å². The summed E-state index contributed by atoms with van der Waals surface area (Å²) >= 11 is 0. The Bertz CT molecular complexity index is 314. The van der Waals surface area contributed by atoms with Gasteiger partial charge < -0.3 is 9.15 Å². The molecule has 0 aromatic carbocycles. The van der Waals surface area contributed by atoms with E-state index < -0.39 is 0 Å². The van der Waals surface area contributed by atoms with Gasteiger partial charge >= 0.3 is 5.97 Å². The van der Waals surface area contributed by atoms with E-state index in [1.165, 1.54) is 7.11 Å². The Kier molecular flexibility index (Phi) is 3.91. The van der Waals surface area contributed by atoms with Crippen molar-refractivity contribution >= 4 is 11.7 Å². The Hall–Kier alpha value is -1.58. The zero-order valence-corrected chi connectivity index (χ0v) is 8.32. The van der Waals surface area contributed by atoms with Gasteiger partial charge in [-0.15, -0.1) is 0 Å². The molecular formula is C10H13NO3. The summed E-state index contributed by atoms with van der Waals surface area (Å²) in [5, 5.41) is 0. The van der Waals surface area contributed by atoms with Crippen molar-refractivity contribution in [2.75, 3.05) is 7.11 Å². The van der Waals surface area contributed by atoms with Crippen molar-refractivity contribution < 1.29 is 13.9 Å². The van der Waals surface area contributed by atoms with Crippen molar-refractivity contribution in [3.05, 3.63) is 24.2 Å². The molecule has 0 aliphatic rings. The highest BCUT2D eigenvalue weighted by Gasteiger charge is 2.02. The molecule has 1 aromatic rings. The van der Waals surface area contributed by atoms with Crippen molar-refractivity contribution in [1.82, 2.24) is 0 Å². The Morgan fingerprint density at radius 2 is 2.43 bits per heavy atom. The lowest BCUT2D eigenvalue weighted by Crippen LogP contribution is -2.06. The number of aliphatic imine (C=N–C) groups is 1. The number of methoxy groups -OCH3 is 1. The third-order valence-electron chi connectivity index (χ3n) is 1.71. The third-order valence-corrected chi connectivity index (χ3v) is 1.71. The van der Waals surface area contributed by atoms with Crippen LogP contribution in [0.3, 0.4) is 0 Å². The van der Waals surface area contributed by atoms with Crippen molar-refractivity contribution in [3.63, 3.8) is 0 Å². The highest BCUT2D eigenvalue weighted by Crippen LogP contribution is 2.02. The van der Waals surface area contributed by atoms with Crippen molar-refractivity contribution in [1.29, 1.82) is 0 Å². The summed E-state index contributed by atoms with van der Waals surface area (Å²) in [5.41, 5.74) is 0.744. The number of carbonyl (C=O) groups excluding carboxylic acids is 1. The molecule has 0 unspecified atom stereocenters. The minimum Gasteiger partial charge on any atom is -0.469 e. The number of carbonyl (C=O) groups is 1. The maximum Gasteiger partial charge on any atom is 0.311 e. The van der Waals surface area contributed by atoms with Gasteiger partial charge in [0.25, 0.3) is 0 Å². The number of hydrogen-bond donors (Lipinski definition) is 0. The second-order valence-electron chi connectivity index (χ2n) is 2.88. The number of ether oxygens (including phenoxy) is 1. The zero-order chi connectivity index (χ0) is 10.4. The van der Waals surface area contributed by atoms with Gasteiger partial charge in [-0.3, -0.25) is 9.79 Å². The van der Waals surface area contributed by atoms with Gasteiger partial charge in [0.2, 0.25) is 0 Å². The molecule has 1 aromatic heterocycles. The summed E-state index contributed by atoms with van der Waals surface area (Å²) in [7, 11) is 1.36. The quantitative estimate of drug-likeness (QED) is 0.543. The van der Waals surface area contributed by atoms with E-state index in [-0.39, 0.29) is 12.4 Å². The first-order valence-electron chi connectivity index (χ1n) is 4.31. The molecule has 4 heteroatoms. The molecule has 0 bridgehead atoms. The van der Waals surface area contributed by atoms with Crippen LogP contribution in [0.1, 0.15) is 19.1 Å². The maximum atomic E-state index is 10.9. The molecule has 1 rings (SSSR count). The molecule has 0 saturated heterocycles. The van der Waals surface area contributed by atoms with Crippen molar-refractivity contribution in [3.8, 4) is 0 Å². The lowest BCUT2D eigenvalue weighted by Gasteiger charge is -1.98. The fraction of sp³-hybridized carbons (Fsp3) is 0.400. The Morgan fingerprint density at radius 1 is 1.64 bits per heavy atom. The number of hydrogen-bond acceptors (Lipinski definition) is 4. The second-order valence-corrected chi connectivity index (χ2v) is 2.88. The van der Waals surface area contributed by atoms with Gasteiger partial charge in [-0.1, -0.05) is 0 Å². The predicted octanol–water partition coefficient (Wildman–Crippen LogP) is 1.80. The fourth-order valence-corrected chi connectivity index (χ4v) is 0.952. The molecule has 1 heterocycles. The van der Waals surface area contributed by atoms with Crippen LogP contribution < -0.4 is 0 Å². The molecule has 0 saturated carbocycles. The molecular weight excluding hydrogens is 182 g/mol. The molecule has 0 aliphatic carbocycles. The van der Waals surface area contributed by atoms with E-state index in [1.54, 1.807) is 19.3 Å². The molecule has 76 valence electrons. The minimum absolute atomic E-state index is 0.233. The summed E-state index contributed by atoms with van der Waals surface area (Å²) < 4.78 is 9.61. The monoisotopic (exact) mass is 195 g/mol. The predicted molar refractivity (Wildman–Crippen MR) is 52.2 cm³/mol. The van der Waals surface area contributed by atoms with E-state index in [1.807, 2.05) is 6.07 Å². The van der Waals surface area contributed by atoms with Crippen LogP contribution in [0.5, 0.6) is 0 Å². The lowest BCUT2D eigenvalue weighted by atomic mass is 10.3. The summed E-state index contributed by atoms with van der Waals surface area (Å²) in [6, 6.07) is 3.65. The molecule has 0 aliphatic heterocycles. The van der Waals surface area contributed by atoms with E-state index in [0.29, 0.717) is 6.54 Å². The standard InChI is InChI=1S/C10H13NO3/c1-8(6-10(12)13-2)11-7-9-4-3-5-14-9/h3-5H,6-7H2,1-2H3. The van der Waals surface area contributed by atoms with Gasteiger partial charge in [-0.2, -0.15) is 0 Å². The topological polar surface area (TPSA) is 51.8 Å². The average molecular weight is 195 g/mol. The number of rotatable bonds is 4. The summed E-state index contributed by atoms with van der Waals surface area (Å²) in [4.78, 5) is 15.0. The lowest BCUT2D eigenvalue weighted by molar-refractivity contribution is -0.139. The molecule has 0 atom stereocenters. The number of esters is 1. The van der Waals surface area contributed by atoms with Crippen LogP contribution >= 0.6 is 0 Å². The molecule has 0 fully saturated rings. The third kappa shape index (κ3) is 3.43. The Labute approximate surface area is 82.6 Å². The van der Waals surface area contributed by atoms with Gasteiger partial charge in [0.05, 0.1) is 26.3 Å². The van der Waals surface area contributed by atoms with Crippen molar-refractivity contribution in [2.24, 2.45) is 4.99 Å². The van der Waals surface area contributed by atoms with Crippen LogP contribution in [0, 0.1) is 0 Å². The first-order chi connectivity index (χ1) is 6.72. The van der Waals surface area contributed by atoms with Gasteiger partial charge in [0.1, 0.15) is 5.76 Å². The molecule has 14 heavy (non-hydrogen) atoms. The number of furan rings is 1. The molecule has 0 amide bonds. The van der Waals surface area contributed by atoms with Crippen LogP contribution in [-0.4, -0.2) is 18.8 Å². The van der Waals surface area contributed by atoms with Gasteiger partial charge in [-0.05, 0) is 19.1 Å². The van der Waals surface area contributed by atoms with Crippen molar-refractivity contribution in [2.45, 2.75) is 19.9 Å². The van der Waals surface area contributed by atoms with E-state index in [0.717, 1.165) is 11.5 Å². The van der Waals surface area contributed by atoms with E-state index in [9.17, 15) is 4.79 Å². The average Bonchev–Trinajstić information content (AvgIpc) is 2.67. The van der Waals surface area contributed by atoms with Crippen LogP contribution in [0.4, 0.5) is 0 Å². The SMILES string of the molecule is COC(=O)CC(C)=NCc1ccco1. The molecule has 4 nitrogen and oxygen atoms in total. The van der Waals surface area contributed by atoms with Gasteiger partial charge in [0.15, 0.2) is 0 Å². The summed E-state index contributed by atoms with van der Waals surface area (Å²) in [5.74, 6) is 0.514. The smallest absolute Gasteiger partial charge is 0.311 e. The normalized spacial score (nSPS) is 11.4. The van der Waals surface area contributed by atoms with Crippen LogP contribution in [0.25, 0.3) is 0 Å². The highest BCUT2D eigenvalue weighted by molar-refractivity contribution is 5.97. The first kappa shape index (κ1) is 10.5. The van der Waals surface area contributed by atoms with E-state index >= 15 is 0 Å². The minimum atomic E-state index is -0.273. The zero-order valence-electron chi connectivity index (χ0n) is 8.32. The Morgan fingerprint density at radius 3 is 3.00 bits per heavy atom. The maximum absolute atomic E-state index is 10.9. The summed E-state index contributed by atoms with van der Waals surface area (Å²) in [6.45, 7) is 2.26. The Balaban J connectivity index is 2.41. The van der Waals surface area contributed by atoms with E-state index in [2.05, 4.69) is 9.73 Å². The summed E-state index contributed by atoms with van der Waals surface area (Å²) in [6.07, 6.45) is 1.83. The molecule has 0 radical (unpaired) electrons. The largest absolute Gasteiger partial charge is 0.469 e. The highest BCUT2D eigenvalue weighted by atomic mass is 16.5. The first-order valence-corrected chi connectivity index (χ1v) is 4.31. The van der Waals surface area contributed by atoms with Crippen LogP contribution in [0.15, 0.2) is 27.8 Å². The second kappa shape index (κ2) is 5.21.